The molecule has 0 N–H and O–H groups in total. The second-order valence-corrected chi connectivity index (χ2v) is 4.95. The van der Waals surface area contributed by atoms with E-state index in [1.807, 2.05) is 4.90 Å². The summed E-state index contributed by atoms with van der Waals surface area (Å²) in [6.45, 7) is 3.77. The van der Waals surface area contributed by atoms with Crippen molar-refractivity contribution in [2.45, 2.75) is 0 Å². The van der Waals surface area contributed by atoms with Gasteiger partial charge in [0.2, 0.25) is 0 Å². The van der Waals surface area contributed by atoms with Crippen molar-refractivity contribution in [1.29, 1.82) is 0 Å². The Bertz CT molecular complexity index is 475. The van der Waals surface area contributed by atoms with Crippen LogP contribution in [-0.4, -0.2) is 53.4 Å². The maximum absolute atomic E-state index is 12.2. The third-order valence-corrected chi connectivity index (χ3v) is 3.38. The molecule has 2 heterocycles. The number of terminal acetylenes is 1. The molecular formula is C13H14BrN3O. The van der Waals surface area contributed by atoms with E-state index in [4.69, 9.17) is 6.42 Å². The standard InChI is InChI=1S/C13H14BrN3O/c1-2-5-16-6-8-17(9-7-16)13(18)11-3-4-15-12(14)10-11/h1,3-4,10H,5-9H2. The third-order valence-electron chi connectivity index (χ3n) is 2.95. The molecule has 1 aromatic rings. The van der Waals surface area contributed by atoms with Crippen molar-refractivity contribution in [3.8, 4) is 12.3 Å². The lowest BCUT2D eigenvalue weighted by atomic mass is 10.2. The second kappa shape index (κ2) is 5.98. The molecule has 0 spiro atoms. The monoisotopic (exact) mass is 307 g/mol. The zero-order valence-corrected chi connectivity index (χ0v) is 11.6. The second-order valence-electron chi connectivity index (χ2n) is 4.14. The minimum atomic E-state index is 0.0541. The van der Waals surface area contributed by atoms with Crippen LogP contribution in [0.1, 0.15) is 10.4 Å². The van der Waals surface area contributed by atoms with Crippen LogP contribution >= 0.6 is 15.9 Å². The molecule has 18 heavy (non-hydrogen) atoms. The molecule has 1 amide bonds. The SMILES string of the molecule is C#CCN1CCN(C(=O)c2ccnc(Br)c2)CC1. The number of aromatic nitrogens is 1. The Labute approximate surface area is 115 Å². The molecule has 1 aliphatic rings. The number of hydrogen-bond acceptors (Lipinski definition) is 3. The number of carbonyl (C=O) groups excluding carboxylic acids is 1. The highest BCUT2D eigenvalue weighted by Crippen LogP contribution is 2.12. The van der Waals surface area contributed by atoms with Gasteiger partial charge in [-0.3, -0.25) is 9.69 Å². The Balaban J connectivity index is 1.98. The molecule has 1 aromatic heterocycles. The first-order valence-corrected chi connectivity index (χ1v) is 6.56. The van der Waals surface area contributed by atoms with Crippen molar-refractivity contribution < 1.29 is 4.79 Å². The summed E-state index contributed by atoms with van der Waals surface area (Å²) in [7, 11) is 0. The van der Waals surface area contributed by atoms with Crippen molar-refractivity contribution >= 4 is 21.8 Å². The van der Waals surface area contributed by atoms with Gasteiger partial charge in [-0.15, -0.1) is 6.42 Å². The molecule has 0 bridgehead atoms. The van der Waals surface area contributed by atoms with Crippen molar-refractivity contribution in [2.24, 2.45) is 0 Å². The highest BCUT2D eigenvalue weighted by molar-refractivity contribution is 9.10. The summed E-state index contributed by atoms with van der Waals surface area (Å²) in [4.78, 5) is 20.3. The summed E-state index contributed by atoms with van der Waals surface area (Å²) in [6, 6.07) is 3.48. The average molecular weight is 308 g/mol. The van der Waals surface area contributed by atoms with Crippen LogP contribution in [0.5, 0.6) is 0 Å². The fraction of sp³-hybridized carbons (Fsp3) is 0.385. The molecule has 2 rings (SSSR count). The number of halogens is 1. The molecule has 0 unspecified atom stereocenters. The van der Waals surface area contributed by atoms with E-state index in [9.17, 15) is 4.79 Å². The van der Waals surface area contributed by atoms with Crippen LogP contribution in [-0.2, 0) is 0 Å². The number of nitrogens with zero attached hydrogens (tertiary/aromatic N) is 3. The Hall–Kier alpha value is -1.38. The fourth-order valence-corrected chi connectivity index (χ4v) is 2.32. The summed E-state index contributed by atoms with van der Waals surface area (Å²) in [6.07, 6.45) is 6.91. The van der Waals surface area contributed by atoms with E-state index in [0.717, 1.165) is 26.2 Å². The lowest BCUT2D eigenvalue weighted by molar-refractivity contribution is 0.0652. The first-order valence-electron chi connectivity index (χ1n) is 5.77. The lowest BCUT2D eigenvalue weighted by Crippen LogP contribution is -2.48. The van der Waals surface area contributed by atoms with Crippen molar-refractivity contribution in [2.75, 3.05) is 32.7 Å². The molecule has 1 saturated heterocycles. The van der Waals surface area contributed by atoms with Gasteiger partial charge in [-0.05, 0) is 28.1 Å². The van der Waals surface area contributed by atoms with Crippen LogP contribution < -0.4 is 0 Å². The number of hydrogen-bond donors (Lipinski definition) is 0. The summed E-state index contributed by atoms with van der Waals surface area (Å²) in [5, 5.41) is 0. The molecule has 4 nitrogen and oxygen atoms in total. The molecule has 0 atom stereocenters. The largest absolute Gasteiger partial charge is 0.336 e. The van der Waals surface area contributed by atoms with Crippen LogP contribution in [0.2, 0.25) is 0 Å². The van der Waals surface area contributed by atoms with E-state index in [1.54, 1.807) is 18.3 Å². The first-order chi connectivity index (χ1) is 8.70. The maximum Gasteiger partial charge on any atom is 0.254 e. The normalized spacial score (nSPS) is 16.3. The van der Waals surface area contributed by atoms with E-state index in [-0.39, 0.29) is 5.91 Å². The van der Waals surface area contributed by atoms with Crippen LogP contribution in [0.15, 0.2) is 22.9 Å². The highest BCUT2D eigenvalue weighted by Gasteiger charge is 2.21. The van der Waals surface area contributed by atoms with Crippen LogP contribution in [0.3, 0.4) is 0 Å². The molecule has 1 fully saturated rings. The Morgan fingerprint density at radius 2 is 2.17 bits per heavy atom. The van der Waals surface area contributed by atoms with Crippen LogP contribution in [0, 0.1) is 12.3 Å². The molecule has 0 radical (unpaired) electrons. The quantitative estimate of drug-likeness (QED) is 0.609. The summed E-state index contributed by atoms with van der Waals surface area (Å²) in [5.41, 5.74) is 0.669. The van der Waals surface area contributed by atoms with E-state index in [0.29, 0.717) is 16.7 Å². The highest BCUT2D eigenvalue weighted by atomic mass is 79.9. The number of pyridine rings is 1. The molecule has 94 valence electrons. The zero-order chi connectivity index (χ0) is 13.0. The van der Waals surface area contributed by atoms with E-state index < -0.39 is 0 Å². The van der Waals surface area contributed by atoms with Gasteiger partial charge in [-0.1, -0.05) is 5.92 Å². The van der Waals surface area contributed by atoms with Gasteiger partial charge in [0.25, 0.3) is 5.91 Å². The van der Waals surface area contributed by atoms with Gasteiger partial charge in [-0.25, -0.2) is 4.98 Å². The van der Waals surface area contributed by atoms with Crippen LogP contribution in [0.4, 0.5) is 0 Å². The van der Waals surface area contributed by atoms with Crippen molar-refractivity contribution in [3.63, 3.8) is 0 Å². The fourth-order valence-electron chi connectivity index (χ4n) is 1.96. The van der Waals surface area contributed by atoms with E-state index in [2.05, 4.69) is 31.7 Å². The number of amides is 1. The molecule has 0 aliphatic carbocycles. The maximum atomic E-state index is 12.2. The summed E-state index contributed by atoms with van der Waals surface area (Å²) in [5.74, 6) is 2.68. The smallest absolute Gasteiger partial charge is 0.254 e. The molecule has 0 saturated carbocycles. The molecule has 1 aliphatic heterocycles. The van der Waals surface area contributed by atoms with Crippen molar-refractivity contribution in [3.05, 3.63) is 28.5 Å². The van der Waals surface area contributed by atoms with Gasteiger partial charge in [0, 0.05) is 37.9 Å². The summed E-state index contributed by atoms with van der Waals surface area (Å²) >= 11 is 3.27. The summed E-state index contributed by atoms with van der Waals surface area (Å²) < 4.78 is 0.680. The van der Waals surface area contributed by atoms with Gasteiger partial charge >= 0.3 is 0 Å². The van der Waals surface area contributed by atoms with Crippen molar-refractivity contribution in [1.82, 2.24) is 14.8 Å². The predicted molar refractivity (Wildman–Crippen MR) is 73.1 cm³/mol. The Kier molecular flexibility index (Phi) is 4.34. The lowest BCUT2D eigenvalue weighted by Gasteiger charge is -2.33. The minimum Gasteiger partial charge on any atom is -0.336 e. The number of rotatable bonds is 2. The van der Waals surface area contributed by atoms with Gasteiger partial charge in [0.05, 0.1) is 6.54 Å². The average Bonchev–Trinajstić information content (AvgIpc) is 2.39. The Morgan fingerprint density at radius 3 is 2.78 bits per heavy atom. The predicted octanol–water partition coefficient (Wildman–Crippen LogP) is 1.24. The molecular weight excluding hydrogens is 294 g/mol. The molecule has 0 aromatic carbocycles. The topological polar surface area (TPSA) is 36.4 Å². The van der Waals surface area contributed by atoms with Crippen LogP contribution in [0.25, 0.3) is 0 Å². The van der Waals surface area contributed by atoms with E-state index in [1.165, 1.54) is 0 Å². The molecule has 5 heteroatoms. The number of carbonyl (C=O) groups is 1. The van der Waals surface area contributed by atoms with Gasteiger partial charge in [0.15, 0.2) is 0 Å². The third kappa shape index (κ3) is 3.09. The Morgan fingerprint density at radius 1 is 1.44 bits per heavy atom. The van der Waals surface area contributed by atoms with E-state index >= 15 is 0 Å². The number of piperazine rings is 1. The van der Waals surface area contributed by atoms with Gasteiger partial charge in [-0.2, -0.15) is 0 Å². The van der Waals surface area contributed by atoms with Gasteiger partial charge < -0.3 is 4.90 Å². The minimum absolute atomic E-state index is 0.0541. The first kappa shape index (κ1) is 13.1. The van der Waals surface area contributed by atoms with Gasteiger partial charge in [0.1, 0.15) is 4.60 Å². The zero-order valence-electron chi connectivity index (χ0n) is 9.97.